The number of hydrogen-bond acceptors (Lipinski definition) is 2. The van der Waals surface area contributed by atoms with Crippen molar-refractivity contribution in [1.82, 2.24) is 14.6 Å². The fourth-order valence-electron chi connectivity index (χ4n) is 2.18. The molecule has 2 heterocycles. The second-order valence-electron chi connectivity index (χ2n) is 4.86. The zero-order valence-electron chi connectivity index (χ0n) is 10.8. The zero-order valence-corrected chi connectivity index (χ0v) is 10.8. The molecule has 0 unspecified atom stereocenters. The Kier molecular flexibility index (Phi) is 3.15. The molecular weight excluding hydrogens is 259 g/mol. The minimum Gasteiger partial charge on any atom is -0.276 e. The average Bonchev–Trinajstić information content (AvgIpc) is 2.56. The Bertz CT molecular complexity index is 667. The van der Waals surface area contributed by atoms with Gasteiger partial charge in [0.25, 0.3) is 5.56 Å². The largest absolute Gasteiger partial charge is 0.396 e. The number of aromatic amines is 1. The molecule has 0 aliphatic carbocycles. The highest BCUT2D eigenvalue weighted by molar-refractivity contribution is 5.44. The van der Waals surface area contributed by atoms with Gasteiger partial charge in [0.15, 0.2) is 5.65 Å². The van der Waals surface area contributed by atoms with E-state index in [2.05, 4.69) is 10.1 Å². The molecule has 0 spiro atoms. The summed E-state index contributed by atoms with van der Waals surface area (Å²) in [5, 5.41) is 2.42. The van der Waals surface area contributed by atoms with Crippen LogP contribution in [0.4, 0.5) is 13.2 Å². The molecule has 2 rings (SSSR count). The lowest BCUT2D eigenvalue weighted by molar-refractivity contribution is -0.128. The summed E-state index contributed by atoms with van der Waals surface area (Å²) in [6.45, 7) is 5.49. The fraction of sp³-hybridized carbons (Fsp3) is 0.500. The Morgan fingerprint density at radius 2 is 2.05 bits per heavy atom. The van der Waals surface area contributed by atoms with Gasteiger partial charge in [-0.3, -0.25) is 9.89 Å². The SMILES string of the molecule is Cc1cc2nc(CC(F)(F)F)[nH]n2c(=O)c1C(C)C. The molecule has 19 heavy (non-hydrogen) atoms. The average molecular weight is 273 g/mol. The lowest BCUT2D eigenvalue weighted by Gasteiger charge is -2.08. The molecule has 0 fully saturated rings. The van der Waals surface area contributed by atoms with Crippen molar-refractivity contribution < 1.29 is 13.2 Å². The molecule has 0 bridgehead atoms. The van der Waals surface area contributed by atoms with Crippen molar-refractivity contribution in [2.24, 2.45) is 0 Å². The number of fused-ring (bicyclic) bond motifs is 1. The minimum atomic E-state index is -4.35. The number of halogens is 3. The fourth-order valence-corrected chi connectivity index (χ4v) is 2.18. The number of nitrogens with one attached hydrogen (secondary N) is 1. The van der Waals surface area contributed by atoms with Gasteiger partial charge in [0, 0.05) is 5.56 Å². The van der Waals surface area contributed by atoms with Gasteiger partial charge in [-0.25, -0.2) is 4.98 Å². The van der Waals surface area contributed by atoms with Crippen LogP contribution in [-0.4, -0.2) is 20.8 Å². The number of H-pyrrole nitrogens is 1. The molecule has 0 amide bonds. The molecule has 7 heteroatoms. The van der Waals surface area contributed by atoms with Crippen molar-refractivity contribution in [3.63, 3.8) is 0 Å². The zero-order chi connectivity index (χ0) is 14.4. The second-order valence-corrected chi connectivity index (χ2v) is 4.86. The van der Waals surface area contributed by atoms with Gasteiger partial charge < -0.3 is 0 Å². The normalized spacial score (nSPS) is 12.6. The summed E-state index contributed by atoms with van der Waals surface area (Å²) in [7, 11) is 0. The van der Waals surface area contributed by atoms with E-state index in [-0.39, 0.29) is 22.9 Å². The maximum atomic E-state index is 12.3. The van der Waals surface area contributed by atoms with Crippen molar-refractivity contribution >= 4 is 5.65 Å². The summed E-state index contributed by atoms with van der Waals surface area (Å²) in [5.74, 6) is -0.260. The summed E-state index contributed by atoms with van der Waals surface area (Å²) in [6, 6.07) is 1.62. The molecule has 0 radical (unpaired) electrons. The molecule has 0 saturated heterocycles. The van der Waals surface area contributed by atoms with E-state index in [1.807, 2.05) is 13.8 Å². The molecule has 0 saturated carbocycles. The van der Waals surface area contributed by atoms with Crippen molar-refractivity contribution in [3.05, 3.63) is 33.4 Å². The Morgan fingerprint density at radius 1 is 1.42 bits per heavy atom. The molecular formula is C12H14F3N3O. The molecule has 2 aromatic rings. The number of pyridine rings is 1. The van der Waals surface area contributed by atoms with E-state index in [0.29, 0.717) is 5.56 Å². The van der Waals surface area contributed by atoms with Crippen molar-refractivity contribution in [1.29, 1.82) is 0 Å². The highest BCUT2D eigenvalue weighted by Gasteiger charge is 2.29. The van der Waals surface area contributed by atoms with Gasteiger partial charge in [-0.1, -0.05) is 13.8 Å². The lowest BCUT2D eigenvalue weighted by Crippen LogP contribution is -2.21. The first-order chi connectivity index (χ1) is 8.69. The molecule has 0 atom stereocenters. The van der Waals surface area contributed by atoms with Crippen LogP contribution < -0.4 is 5.56 Å². The number of aryl methyl sites for hydroxylation is 1. The van der Waals surface area contributed by atoms with E-state index >= 15 is 0 Å². The standard InChI is InChI=1S/C12H14F3N3O/c1-6(2)10-7(3)4-9-16-8(5-12(13,14)15)17-18(9)11(10)19/h4,6H,5H2,1-3H3,(H,16,17). The molecule has 0 aromatic carbocycles. The quantitative estimate of drug-likeness (QED) is 0.914. The predicted molar refractivity (Wildman–Crippen MR) is 64.4 cm³/mol. The summed E-state index contributed by atoms with van der Waals surface area (Å²) < 4.78 is 38.0. The molecule has 2 aromatic heterocycles. The maximum Gasteiger partial charge on any atom is 0.396 e. The van der Waals surface area contributed by atoms with Crippen molar-refractivity contribution in [2.75, 3.05) is 0 Å². The van der Waals surface area contributed by atoms with Crippen LogP contribution in [0.25, 0.3) is 5.65 Å². The predicted octanol–water partition coefficient (Wildman–Crippen LogP) is 2.56. The highest BCUT2D eigenvalue weighted by Crippen LogP contribution is 2.20. The van der Waals surface area contributed by atoms with E-state index in [1.54, 1.807) is 13.0 Å². The van der Waals surface area contributed by atoms with Crippen LogP contribution in [0.2, 0.25) is 0 Å². The molecule has 0 aliphatic rings. The summed E-state index contributed by atoms with van der Waals surface area (Å²) in [6.07, 6.45) is -5.53. The minimum absolute atomic E-state index is 0.00114. The summed E-state index contributed by atoms with van der Waals surface area (Å²) in [5.41, 5.74) is 1.20. The topological polar surface area (TPSA) is 50.2 Å². The van der Waals surface area contributed by atoms with Crippen LogP contribution in [0.15, 0.2) is 10.9 Å². The first-order valence-corrected chi connectivity index (χ1v) is 5.87. The Hall–Kier alpha value is -1.79. The molecule has 0 aliphatic heterocycles. The number of rotatable bonds is 2. The number of hydrogen-bond donors (Lipinski definition) is 1. The maximum absolute atomic E-state index is 12.3. The van der Waals surface area contributed by atoms with E-state index in [4.69, 9.17) is 0 Å². The van der Waals surface area contributed by atoms with Crippen LogP contribution in [0.1, 0.15) is 36.7 Å². The number of nitrogens with zero attached hydrogens (tertiary/aromatic N) is 2. The third-order valence-corrected chi connectivity index (χ3v) is 2.87. The third-order valence-electron chi connectivity index (χ3n) is 2.87. The van der Waals surface area contributed by atoms with E-state index in [1.165, 1.54) is 0 Å². The molecule has 104 valence electrons. The monoisotopic (exact) mass is 273 g/mol. The first-order valence-electron chi connectivity index (χ1n) is 5.87. The summed E-state index contributed by atoms with van der Waals surface area (Å²) >= 11 is 0. The van der Waals surface area contributed by atoms with Crippen molar-refractivity contribution in [2.45, 2.75) is 39.3 Å². The number of aromatic nitrogens is 3. The van der Waals surface area contributed by atoms with Gasteiger partial charge >= 0.3 is 6.18 Å². The Labute approximate surface area is 107 Å². The van der Waals surface area contributed by atoms with E-state index < -0.39 is 12.6 Å². The van der Waals surface area contributed by atoms with Crippen LogP contribution in [-0.2, 0) is 6.42 Å². The van der Waals surface area contributed by atoms with E-state index in [9.17, 15) is 18.0 Å². The number of alkyl halides is 3. The van der Waals surface area contributed by atoms with Gasteiger partial charge in [0.2, 0.25) is 0 Å². The summed E-state index contributed by atoms with van der Waals surface area (Å²) in [4.78, 5) is 16.0. The Morgan fingerprint density at radius 3 is 2.58 bits per heavy atom. The van der Waals surface area contributed by atoms with Crippen LogP contribution >= 0.6 is 0 Å². The lowest BCUT2D eigenvalue weighted by atomic mass is 10.0. The van der Waals surface area contributed by atoms with Crippen molar-refractivity contribution in [3.8, 4) is 0 Å². The van der Waals surface area contributed by atoms with Gasteiger partial charge in [0.1, 0.15) is 12.2 Å². The smallest absolute Gasteiger partial charge is 0.276 e. The second kappa shape index (κ2) is 4.40. The van der Waals surface area contributed by atoms with Gasteiger partial charge in [0.05, 0.1) is 0 Å². The highest BCUT2D eigenvalue weighted by atomic mass is 19.4. The van der Waals surface area contributed by atoms with Gasteiger partial charge in [-0.2, -0.15) is 17.7 Å². The Balaban J connectivity index is 2.61. The van der Waals surface area contributed by atoms with Crippen LogP contribution in [0.5, 0.6) is 0 Å². The van der Waals surface area contributed by atoms with Gasteiger partial charge in [-0.15, -0.1) is 0 Å². The van der Waals surface area contributed by atoms with Gasteiger partial charge in [-0.05, 0) is 24.5 Å². The van der Waals surface area contributed by atoms with Crippen LogP contribution in [0.3, 0.4) is 0 Å². The molecule has 1 N–H and O–H groups in total. The third kappa shape index (κ3) is 2.64. The molecule has 4 nitrogen and oxygen atoms in total. The van der Waals surface area contributed by atoms with E-state index in [0.717, 1.165) is 10.1 Å². The van der Waals surface area contributed by atoms with Crippen LogP contribution in [0, 0.1) is 6.92 Å². The first kappa shape index (κ1) is 13.6.